The largest absolute Gasteiger partial charge is 0.489 e. The second-order valence-corrected chi connectivity index (χ2v) is 9.21. The van der Waals surface area contributed by atoms with Gasteiger partial charge in [-0.25, -0.2) is 4.79 Å². The number of esters is 1. The van der Waals surface area contributed by atoms with E-state index in [-0.39, 0.29) is 5.78 Å². The molecule has 0 unspecified atom stereocenters. The smallest absolute Gasteiger partial charge is 0.339 e. The highest BCUT2D eigenvalue weighted by molar-refractivity contribution is 9.10. The number of ketones is 1. The third-order valence-electron chi connectivity index (χ3n) is 5.77. The highest BCUT2D eigenvalue weighted by Gasteiger charge is 2.27. The Morgan fingerprint density at radius 3 is 2.09 bits per heavy atom. The van der Waals surface area contributed by atoms with Crippen molar-refractivity contribution in [2.24, 2.45) is 0 Å². The van der Waals surface area contributed by atoms with Gasteiger partial charge in [0.25, 0.3) is 0 Å². The normalized spacial score (nSPS) is 11.5. The second kappa shape index (κ2) is 11.2. The summed E-state index contributed by atoms with van der Waals surface area (Å²) in [5, 5.41) is 0. The van der Waals surface area contributed by atoms with Gasteiger partial charge in [0, 0.05) is 15.6 Å². The average molecular weight is 529 g/mol. The van der Waals surface area contributed by atoms with Gasteiger partial charge in [-0.2, -0.15) is 0 Å². The minimum atomic E-state index is -1.04. The average Bonchev–Trinajstić information content (AvgIpc) is 2.89. The molecule has 0 aliphatic heterocycles. The molecule has 0 heterocycles. The Morgan fingerprint density at radius 1 is 0.771 bits per heavy atom. The van der Waals surface area contributed by atoms with Crippen LogP contribution in [0.4, 0.5) is 0 Å². The minimum Gasteiger partial charge on any atom is -0.489 e. The van der Waals surface area contributed by atoms with E-state index >= 15 is 0 Å². The predicted molar refractivity (Wildman–Crippen MR) is 140 cm³/mol. The standard InChI is InChI=1S/C30H25BrO4/c1-20-8-11-25(18-21(20)2)28(32)29(23-6-4-3-5-7-23)35-30(33)24-12-9-22(10-13-24)19-34-27-16-14-26(31)15-17-27/h3-18,29H,19H2,1-2H3/t29-/m1/s1. The molecule has 4 aromatic carbocycles. The summed E-state index contributed by atoms with van der Waals surface area (Å²) < 4.78 is 12.5. The van der Waals surface area contributed by atoms with Gasteiger partial charge in [0.1, 0.15) is 12.4 Å². The van der Waals surface area contributed by atoms with Gasteiger partial charge in [0.15, 0.2) is 6.10 Å². The molecule has 0 N–H and O–H groups in total. The molecule has 0 aromatic heterocycles. The summed E-state index contributed by atoms with van der Waals surface area (Å²) >= 11 is 3.40. The fourth-order valence-electron chi connectivity index (χ4n) is 3.56. The lowest BCUT2D eigenvalue weighted by Crippen LogP contribution is -2.20. The van der Waals surface area contributed by atoms with Crippen LogP contribution >= 0.6 is 15.9 Å². The molecule has 4 aromatic rings. The number of aryl methyl sites for hydroxylation is 2. The Bertz CT molecular complexity index is 1310. The van der Waals surface area contributed by atoms with Gasteiger partial charge >= 0.3 is 5.97 Å². The molecule has 4 rings (SSSR count). The number of benzene rings is 4. The molecule has 0 amide bonds. The van der Waals surface area contributed by atoms with Crippen molar-refractivity contribution in [2.45, 2.75) is 26.6 Å². The van der Waals surface area contributed by atoms with Crippen LogP contribution in [0.5, 0.6) is 5.75 Å². The molecule has 0 aliphatic rings. The third-order valence-corrected chi connectivity index (χ3v) is 6.29. The zero-order valence-electron chi connectivity index (χ0n) is 19.5. The van der Waals surface area contributed by atoms with Crippen LogP contribution in [0.1, 0.15) is 49.1 Å². The van der Waals surface area contributed by atoms with Crippen LogP contribution < -0.4 is 4.74 Å². The first-order chi connectivity index (χ1) is 16.9. The van der Waals surface area contributed by atoms with E-state index in [4.69, 9.17) is 9.47 Å². The Kier molecular flexibility index (Phi) is 7.78. The lowest BCUT2D eigenvalue weighted by atomic mass is 9.97. The zero-order chi connectivity index (χ0) is 24.8. The number of halogens is 1. The first-order valence-corrected chi connectivity index (χ1v) is 12.0. The van der Waals surface area contributed by atoms with E-state index < -0.39 is 12.1 Å². The van der Waals surface area contributed by atoms with Crippen molar-refractivity contribution < 1.29 is 19.1 Å². The molecule has 176 valence electrons. The zero-order valence-corrected chi connectivity index (χ0v) is 21.1. The van der Waals surface area contributed by atoms with Crippen LogP contribution in [0.2, 0.25) is 0 Å². The molecule has 0 saturated carbocycles. The maximum atomic E-state index is 13.4. The SMILES string of the molecule is Cc1ccc(C(=O)[C@H](OC(=O)c2ccc(COc3ccc(Br)cc3)cc2)c2ccccc2)cc1C. The van der Waals surface area contributed by atoms with Crippen molar-refractivity contribution >= 4 is 27.7 Å². The van der Waals surface area contributed by atoms with Crippen LogP contribution in [0.25, 0.3) is 0 Å². The molecular formula is C30H25BrO4. The summed E-state index contributed by atoms with van der Waals surface area (Å²) in [6.45, 7) is 4.32. The number of hydrogen-bond acceptors (Lipinski definition) is 4. The van der Waals surface area contributed by atoms with Crippen molar-refractivity contribution in [1.82, 2.24) is 0 Å². The maximum absolute atomic E-state index is 13.4. The summed E-state index contributed by atoms with van der Waals surface area (Å²) in [6.07, 6.45) is -1.04. The first-order valence-electron chi connectivity index (χ1n) is 11.3. The van der Waals surface area contributed by atoms with Crippen LogP contribution in [0, 0.1) is 13.8 Å². The van der Waals surface area contributed by atoms with E-state index in [0.29, 0.717) is 23.3 Å². The molecule has 0 radical (unpaired) electrons. The molecule has 0 saturated heterocycles. The molecule has 1 atom stereocenters. The lowest BCUT2D eigenvalue weighted by molar-refractivity contribution is 0.0280. The van der Waals surface area contributed by atoms with Crippen molar-refractivity contribution in [3.63, 3.8) is 0 Å². The summed E-state index contributed by atoms with van der Waals surface area (Å²) in [6, 6.07) is 29.2. The Labute approximate surface area is 213 Å². The molecule has 0 bridgehead atoms. The number of Topliss-reactive ketones (excluding diaryl/α,β-unsaturated/α-hetero) is 1. The third kappa shape index (κ3) is 6.25. The molecule has 5 heteroatoms. The van der Waals surface area contributed by atoms with Gasteiger partial charge in [0.05, 0.1) is 5.56 Å². The maximum Gasteiger partial charge on any atom is 0.339 e. The summed E-state index contributed by atoms with van der Waals surface area (Å²) in [4.78, 5) is 26.4. The number of hydrogen-bond donors (Lipinski definition) is 0. The van der Waals surface area contributed by atoms with Crippen molar-refractivity contribution in [1.29, 1.82) is 0 Å². The topological polar surface area (TPSA) is 52.6 Å². The molecular weight excluding hydrogens is 504 g/mol. The van der Waals surface area contributed by atoms with E-state index in [2.05, 4.69) is 15.9 Å². The quantitative estimate of drug-likeness (QED) is 0.176. The van der Waals surface area contributed by atoms with Crippen LogP contribution in [-0.4, -0.2) is 11.8 Å². The van der Waals surface area contributed by atoms with Gasteiger partial charge in [-0.15, -0.1) is 0 Å². The highest BCUT2D eigenvalue weighted by atomic mass is 79.9. The van der Waals surface area contributed by atoms with Gasteiger partial charge in [0.2, 0.25) is 5.78 Å². The summed E-state index contributed by atoms with van der Waals surface area (Å²) in [7, 11) is 0. The molecule has 4 nitrogen and oxygen atoms in total. The number of ether oxygens (including phenoxy) is 2. The minimum absolute atomic E-state index is 0.257. The van der Waals surface area contributed by atoms with Crippen molar-refractivity contribution in [2.75, 3.05) is 0 Å². The number of carbonyl (C=O) groups excluding carboxylic acids is 2. The van der Waals surface area contributed by atoms with E-state index in [1.807, 2.05) is 80.6 Å². The van der Waals surface area contributed by atoms with Gasteiger partial charge in [-0.3, -0.25) is 4.79 Å². The molecule has 35 heavy (non-hydrogen) atoms. The monoisotopic (exact) mass is 528 g/mol. The van der Waals surface area contributed by atoms with E-state index in [0.717, 1.165) is 26.9 Å². The van der Waals surface area contributed by atoms with Crippen LogP contribution in [0.15, 0.2) is 102 Å². The van der Waals surface area contributed by atoms with E-state index in [9.17, 15) is 9.59 Å². The van der Waals surface area contributed by atoms with E-state index in [1.54, 1.807) is 30.3 Å². The fourth-order valence-corrected chi connectivity index (χ4v) is 3.82. The van der Waals surface area contributed by atoms with E-state index in [1.165, 1.54) is 0 Å². The molecule has 0 aliphatic carbocycles. The molecule has 0 fully saturated rings. The van der Waals surface area contributed by atoms with Crippen LogP contribution in [-0.2, 0) is 11.3 Å². The van der Waals surface area contributed by atoms with Gasteiger partial charge < -0.3 is 9.47 Å². The number of rotatable bonds is 8. The van der Waals surface area contributed by atoms with Crippen molar-refractivity contribution in [3.8, 4) is 5.75 Å². The van der Waals surface area contributed by atoms with Crippen LogP contribution in [0.3, 0.4) is 0 Å². The second-order valence-electron chi connectivity index (χ2n) is 8.30. The van der Waals surface area contributed by atoms with Crippen molar-refractivity contribution in [3.05, 3.63) is 135 Å². The Morgan fingerprint density at radius 2 is 1.43 bits per heavy atom. The predicted octanol–water partition coefficient (Wildman–Crippen LogP) is 7.43. The summed E-state index contributed by atoms with van der Waals surface area (Å²) in [5.41, 5.74) is 4.52. The van der Waals surface area contributed by atoms with Gasteiger partial charge in [-0.1, -0.05) is 70.5 Å². The highest BCUT2D eigenvalue weighted by Crippen LogP contribution is 2.25. The lowest BCUT2D eigenvalue weighted by Gasteiger charge is -2.18. The first kappa shape index (κ1) is 24.4. The Hall–Kier alpha value is -3.70. The number of carbonyl (C=O) groups is 2. The summed E-state index contributed by atoms with van der Waals surface area (Å²) in [5.74, 6) is -0.0594. The molecule has 0 spiro atoms. The Balaban J connectivity index is 1.48. The fraction of sp³-hybridized carbons (Fsp3) is 0.133. The van der Waals surface area contributed by atoms with Gasteiger partial charge in [-0.05, 0) is 73.0 Å².